The summed E-state index contributed by atoms with van der Waals surface area (Å²) in [5.74, 6) is 0.429. The summed E-state index contributed by atoms with van der Waals surface area (Å²) in [4.78, 5) is 20.7. The molecule has 0 bridgehead atoms. The number of rotatable bonds is 5. The minimum absolute atomic E-state index is 0.0992. The first-order valence-electron chi connectivity index (χ1n) is 7.39. The molecular formula is C15H22ClN3O2. The van der Waals surface area contributed by atoms with Gasteiger partial charge in [-0.2, -0.15) is 0 Å². The van der Waals surface area contributed by atoms with Crippen LogP contribution in [-0.4, -0.2) is 34.1 Å². The lowest BCUT2D eigenvalue weighted by atomic mass is 9.87. The molecule has 1 aromatic heterocycles. The highest BCUT2D eigenvalue weighted by atomic mass is 35.5. The largest absolute Gasteiger partial charge is 0.396 e. The van der Waals surface area contributed by atoms with Crippen LogP contribution >= 0.6 is 11.6 Å². The van der Waals surface area contributed by atoms with Crippen LogP contribution in [-0.2, 0) is 0 Å². The third-order valence-corrected chi connectivity index (χ3v) is 4.39. The van der Waals surface area contributed by atoms with Crippen molar-refractivity contribution < 1.29 is 9.90 Å². The molecule has 0 radical (unpaired) electrons. The number of hydrogen-bond acceptors (Lipinski definition) is 4. The van der Waals surface area contributed by atoms with Crippen LogP contribution < -0.4 is 5.32 Å². The number of aliphatic hydroxyl groups excluding tert-OH is 1. The van der Waals surface area contributed by atoms with Crippen molar-refractivity contribution in [1.82, 2.24) is 15.3 Å². The molecule has 1 fully saturated rings. The van der Waals surface area contributed by atoms with Gasteiger partial charge in [0.15, 0.2) is 0 Å². The van der Waals surface area contributed by atoms with Gasteiger partial charge < -0.3 is 10.4 Å². The Balaban J connectivity index is 2.08. The van der Waals surface area contributed by atoms with Crippen LogP contribution in [0.3, 0.4) is 0 Å². The van der Waals surface area contributed by atoms with E-state index in [4.69, 9.17) is 11.6 Å². The lowest BCUT2D eigenvalue weighted by Gasteiger charge is -2.26. The second-order valence-electron chi connectivity index (χ2n) is 6.13. The lowest BCUT2D eigenvalue weighted by Crippen LogP contribution is -2.38. The summed E-state index contributed by atoms with van der Waals surface area (Å²) in [5.41, 5.74) is 0.0252. The number of amides is 1. The molecule has 2 rings (SSSR count). The molecule has 1 aromatic rings. The molecule has 1 saturated carbocycles. The molecule has 0 atom stereocenters. The maximum atomic E-state index is 12.3. The van der Waals surface area contributed by atoms with E-state index in [0.29, 0.717) is 12.4 Å². The summed E-state index contributed by atoms with van der Waals surface area (Å²) in [6.07, 6.45) is 5.55. The van der Waals surface area contributed by atoms with Gasteiger partial charge in [0.2, 0.25) is 0 Å². The fraction of sp³-hybridized carbons (Fsp3) is 0.667. The van der Waals surface area contributed by atoms with Gasteiger partial charge in [-0.15, -0.1) is 0 Å². The maximum Gasteiger partial charge on any atom is 0.271 e. The molecular weight excluding hydrogens is 290 g/mol. The van der Waals surface area contributed by atoms with Crippen molar-refractivity contribution in [2.45, 2.75) is 45.4 Å². The molecule has 0 spiro atoms. The molecule has 1 aliphatic carbocycles. The molecule has 5 nitrogen and oxygen atoms in total. The smallest absolute Gasteiger partial charge is 0.271 e. The number of hydrogen-bond donors (Lipinski definition) is 2. The molecule has 1 aliphatic rings. The highest BCUT2D eigenvalue weighted by Crippen LogP contribution is 2.36. The Bertz CT molecular complexity index is 514. The zero-order chi connectivity index (χ0) is 15.5. The minimum atomic E-state index is -0.302. The fourth-order valence-electron chi connectivity index (χ4n) is 2.69. The van der Waals surface area contributed by atoms with Crippen molar-refractivity contribution in [1.29, 1.82) is 0 Å². The quantitative estimate of drug-likeness (QED) is 0.876. The summed E-state index contributed by atoms with van der Waals surface area (Å²) in [5, 5.41) is 12.7. The first-order valence-corrected chi connectivity index (χ1v) is 7.77. The molecule has 0 aliphatic heterocycles. The molecule has 0 aromatic carbocycles. The van der Waals surface area contributed by atoms with Gasteiger partial charge in [-0.1, -0.05) is 38.3 Å². The predicted octanol–water partition coefficient (Wildman–Crippen LogP) is 2.54. The van der Waals surface area contributed by atoms with E-state index < -0.39 is 0 Å². The van der Waals surface area contributed by atoms with Gasteiger partial charge >= 0.3 is 0 Å². The average molecular weight is 312 g/mol. The average Bonchev–Trinajstić information content (AvgIpc) is 2.94. The summed E-state index contributed by atoms with van der Waals surface area (Å²) in [6.45, 7) is 4.48. The Morgan fingerprint density at radius 3 is 2.71 bits per heavy atom. The summed E-state index contributed by atoms with van der Waals surface area (Å²) in [6, 6.07) is 0. The van der Waals surface area contributed by atoms with Gasteiger partial charge in [0.1, 0.15) is 11.5 Å². The third-order valence-electron chi connectivity index (χ3n) is 4.12. The van der Waals surface area contributed by atoms with E-state index >= 15 is 0 Å². The predicted molar refractivity (Wildman–Crippen MR) is 81.5 cm³/mol. The summed E-state index contributed by atoms with van der Waals surface area (Å²) in [7, 11) is 0. The van der Waals surface area contributed by atoms with Crippen LogP contribution in [0, 0.1) is 5.41 Å². The Labute approximate surface area is 130 Å². The van der Waals surface area contributed by atoms with E-state index in [1.54, 1.807) is 0 Å². The van der Waals surface area contributed by atoms with E-state index in [1.807, 2.05) is 13.8 Å². The zero-order valence-corrected chi connectivity index (χ0v) is 13.3. The van der Waals surface area contributed by atoms with E-state index in [-0.39, 0.29) is 34.6 Å². The molecule has 1 heterocycles. The Kier molecular flexibility index (Phi) is 5.17. The molecule has 116 valence electrons. The van der Waals surface area contributed by atoms with Crippen LogP contribution in [0.4, 0.5) is 0 Å². The lowest BCUT2D eigenvalue weighted by molar-refractivity contribution is 0.0875. The van der Waals surface area contributed by atoms with E-state index in [9.17, 15) is 9.90 Å². The van der Waals surface area contributed by atoms with E-state index in [2.05, 4.69) is 15.3 Å². The van der Waals surface area contributed by atoms with Crippen molar-refractivity contribution in [3.8, 4) is 0 Å². The number of carbonyl (C=O) groups is 1. The van der Waals surface area contributed by atoms with E-state index in [0.717, 1.165) is 25.7 Å². The monoisotopic (exact) mass is 311 g/mol. The highest BCUT2D eigenvalue weighted by molar-refractivity contribution is 6.33. The van der Waals surface area contributed by atoms with Crippen LogP contribution in [0.25, 0.3) is 0 Å². The normalized spacial score (nSPS) is 17.2. The minimum Gasteiger partial charge on any atom is -0.396 e. The standard InChI is InChI=1S/C15H22ClN3O2/c1-10(2)13-17-7-11(16)12(19-13)14(21)18-8-15(9-20)5-3-4-6-15/h7,10,20H,3-6,8-9H2,1-2H3,(H,18,21). The van der Waals surface area contributed by atoms with Crippen LogP contribution in [0.2, 0.25) is 5.02 Å². The summed E-state index contributed by atoms with van der Waals surface area (Å²) < 4.78 is 0. The molecule has 6 heteroatoms. The topological polar surface area (TPSA) is 75.1 Å². The maximum absolute atomic E-state index is 12.3. The molecule has 1 amide bonds. The van der Waals surface area contributed by atoms with Gasteiger partial charge in [0.25, 0.3) is 5.91 Å². The van der Waals surface area contributed by atoms with Crippen molar-refractivity contribution in [3.05, 3.63) is 22.7 Å². The molecule has 21 heavy (non-hydrogen) atoms. The first kappa shape index (κ1) is 16.2. The third kappa shape index (κ3) is 3.71. The molecule has 0 saturated heterocycles. The number of carbonyl (C=O) groups excluding carboxylic acids is 1. The Hall–Kier alpha value is -1.20. The Morgan fingerprint density at radius 1 is 1.48 bits per heavy atom. The van der Waals surface area contributed by atoms with Crippen molar-refractivity contribution in [2.75, 3.05) is 13.2 Å². The van der Waals surface area contributed by atoms with Crippen LogP contribution in [0.15, 0.2) is 6.20 Å². The number of nitrogens with one attached hydrogen (secondary N) is 1. The van der Waals surface area contributed by atoms with Crippen molar-refractivity contribution in [3.63, 3.8) is 0 Å². The number of aliphatic hydroxyl groups is 1. The van der Waals surface area contributed by atoms with Crippen LogP contribution in [0.5, 0.6) is 0 Å². The number of nitrogens with zero attached hydrogens (tertiary/aromatic N) is 2. The first-order chi connectivity index (χ1) is 9.97. The Morgan fingerprint density at radius 2 is 2.14 bits per heavy atom. The number of halogens is 1. The SMILES string of the molecule is CC(C)c1ncc(Cl)c(C(=O)NCC2(CO)CCCC2)n1. The van der Waals surface area contributed by atoms with Crippen LogP contribution in [0.1, 0.15) is 61.8 Å². The second-order valence-corrected chi connectivity index (χ2v) is 6.53. The van der Waals surface area contributed by atoms with Gasteiger partial charge in [0.05, 0.1) is 17.8 Å². The van der Waals surface area contributed by atoms with Crippen molar-refractivity contribution in [2.24, 2.45) is 5.41 Å². The summed E-state index contributed by atoms with van der Waals surface area (Å²) >= 11 is 6.02. The van der Waals surface area contributed by atoms with Gasteiger partial charge in [-0.05, 0) is 12.8 Å². The second kappa shape index (κ2) is 6.71. The van der Waals surface area contributed by atoms with Gasteiger partial charge in [-0.25, -0.2) is 9.97 Å². The van der Waals surface area contributed by atoms with Gasteiger partial charge in [-0.3, -0.25) is 4.79 Å². The molecule has 2 N–H and O–H groups in total. The fourth-order valence-corrected chi connectivity index (χ4v) is 2.86. The van der Waals surface area contributed by atoms with Crippen molar-refractivity contribution >= 4 is 17.5 Å². The highest BCUT2D eigenvalue weighted by Gasteiger charge is 2.33. The molecule has 0 unspecified atom stereocenters. The van der Waals surface area contributed by atoms with Gasteiger partial charge in [0, 0.05) is 17.9 Å². The zero-order valence-electron chi connectivity index (χ0n) is 12.5. The number of aromatic nitrogens is 2. The van der Waals surface area contributed by atoms with E-state index in [1.165, 1.54) is 6.20 Å².